The van der Waals surface area contributed by atoms with E-state index in [9.17, 15) is 19.5 Å². The number of halogens is 1. The average molecular weight is 414 g/mol. The van der Waals surface area contributed by atoms with Crippen LogP contribution in [0.25, 0.3) is 0 Å². The van der Waals surface area contributed by atoms with Gasteiger partial charge in [0.05, 0.1) is 11.5 Å². The lowest BCUT2D eigenvalue weighted by Crippen LogP contribution is -2.30. The number of nitrogens with one attached hydrogen (secondary N) is 3. The van der Waals surface area contributed by atoms with Crippen LogP contribution in [-0.2, 0) is 4.79 Å². The third kappa shape index (κ3) is 4.80. The molecule has 1 unspecified atom stereocenters. The van der Waals surface area contributed by atoms with Crippen LogP contribution in [0.4, 0.5) is 0 Å². The fraction of sp³-hybridized carbons (Fsp3) is 0.154. The minimum absolute atomic E-state index is 0.0163. The molecule has 2 aromatic rings. The molecular formula is C13H12BrN5O4S. The van der Waals surface area contributed by atoms with E-state index in [2.05, 4.69) is 36.7 Å². The monoisotopic (exact) mass is 413 g/mol. The fourth-order valence-electron chi connectivity index (χ4n) is 1.52. The smallest absolute Gasteiger partial charge is 0.342 e. The number of carbonyl (C=O) groups is 1. The van der Waals surface area contributed by atoms with E-state index in [0.29, 0.717) is 5.56 Å². The molecule has 0 fully saturated rings. The Labute approximate surface area is 147 Å². The number of thioether (sulfide) groups is 1. The number of rotatable bonds is 5. The summed E-state index contributed by atoms with van der Waals surface area (Å²) in [5.41, 5.74) is 1.32. The lowest BCUT2D eigenvalue weighted by Gasteiger charge is -2.07. The first-order valence-corrected chi connectivity index (χ1v) is 8.21. The number of carbonyl (C=O) groups excluding carboxylic acids is 1. The van der Waals surface area contributed by atoms with Crippen LogP contribution >= 0.6 is 27.7 Å². The minimum Gasteiger partial charge on any atom is -0.507 e. The van der Waals surface area contributed by atoms with Crippen LogP contribution in [0.2, 0.25) is 0 Å². The molecule has 11 heteroatoms. The lowest BCUT2D eigenvalue weighted by molar-refractivity contribution is -0.120. The lowest BCUT2D eigenvalue weighted by atomic mass is 10.2. The number of hydrogen-bond acceptors (Lipinski definition) is 7. The van der Waals surface area contributed by atoms with Crippen LogP contribution in [0.15, 0.2) is 42.4 Å². The predicted molar refractivity (Wildman–Crippen MR) is 92.3 cm³/mol. The summed E-state index contributed by atoms with van der Waals surface area (Å²) in [4.78, 5) is 36.4. The van der Waals surface area contributed by atoms with Crippen molar-refractivity contribution in [2.45, 2.75) is 17.2 Å². The summed E-state index contributed by atoms with van der Waals surface area (Å²) in [6, 6.07) is 4.78. The Balaban J connectivity index is 1.99. The van der Waals surface area contributed by atoms with Crippen molar-refractivity contribution in [1.29, 1.82) is 0 Å². The Hall–Kier alpha value is -2.40. The maximum absolute atomic E-state index is 11.9. The number of benzene rings is 1. The van der Waals surface area contributed by atoms with Crippen molar-refractivity contribution in [3.63, 3.8) is 0 Å². The topological polar surface area (TPSA) is 140 Å². The van der Waals surface area contributed by atoms with Crippen molar-refractivity contribution in [3.05, 3.63) is 49.1 Å². The van der Waals surface area contributed by atoms with Gasteiger partial charge in [-0.15, -0.1) is 0 Å². The molecular weight excluding hydrogens is 402 g/mol. The van der Waals surface area contributed by atoms with Gasteiger partial charge in [0.2, 0.25) is 0 Å². The zero-order valence-electron chi connectivity index (χ0n) is 12.2. The molecule has 24 heavy (non-hydrogen) atoms. The van der Waals surface area contributed by atoms with Gasteiger partial charge in [0.15, 0.2) is 5.03 Å². The Bertz CT molecular complexity index is 894. The number of nitrogens with zero attached hydrogens (tertiary/aromatic N) is 2. The first-order valence-electron chi connectivity index (χ1n) is 6.54. The van der Waals surface area contributed by atoms with Gasteiger partial charge in [-0.25, -0.2) is 15.3 Å². The highest BCUT2D eigenvalue weighted by Crippen LogP contribution is 2.20. The molecule has 2 rings (SSSR count). The molecule has 1 aromatic heterocycles. The van der Waals surface area contributed by atoms with Gasteiger partial charge in [0.1, 0.15) is 5.75 Å². The number of aromatic hydroxyl groups is 1. The molecule has 1 heterocycles. The predicted octanol–water partition coefficient (Wildman–Crippen LogP) is 0.557. The van der Waals surface area contributed by atoms with Gasteiger partial charge in [0, 0.05) is 10.0 Å². The molecule has 126 valence electrons. The van der Waals surface area contributed by atoms with Crippen molar-refractivity contribution < 1.29 is 9.90 Å². The van der Waals surface area contributed by atoms with Crippen LogP contribution in [-0.4, -0.2) is 37.7 Å². The maximum Gasteiger partial charge on any atom is 0.342 e. The molecule has 9 nitrogen and oxygen atoms in total. The minimum atomic E-state index is -0.722. The standard InChI is InChI=1S/C13H12BrN5O4S/c1-6(24-12-11(22)16-13(23)19-18-12)10(21)17-15-5-7-4-8(14)2-3-9(7)20/h2-6,20H,1H3,(H,17,21)(H2,16,19,22,23)/b15-5+. The summed E-state index contributed by atoms with van der Waals surface area (Å²) in [6.07, 6.45) is 1.29. The molecule has 4 N–H and O–H groups in total. The van der Waals surface area contributed by atoms with E-state index in [1.165, 1.54) is 12.3 Å². The largest absolute Gasteiger partial charge is 0.507 e. The number of aromatic amines is 2. The Kier molecular flexibility index (Phi) is 5.93. The van der Waals surface area contributed by atoms with Crippen molar-refractivity contribution in [3.8, 4) is 5.75 Å². The Morgan fingerprint density at radius 1 is 1.50 bits per heavy atom. The molecule has 0 saturated heterocycles. The molecule has 0 aliphatic carbocycles. The molecule has 1 aromatic carbocycles. The first kappa shape index (κ1) is 17.9. The Morgan fingerprint density at radius 3 is 2.96 bits per heavy atom. The summed E-state index contributed by atoms with van der Waals surface area (Å²) < 4.78 is 0.750. The van der Waals surface area contributed by atoms with Gasteiger partial charge < -0.3 is 5.11 Å². The summed E-state index contributed by atoms with van der Waals surface area (Å²) >= 11 is 4.13. The number of H-pyrrole nitrogens is 2. The second-order valence-corrected chi connectivity index (χ2v) is 6.75. The molecule has 0 spiro atoms. The van der Waals surface area contributed by atoms with E-state index in [4.69, 9.17) is 0 Å². The van der Waals surface area contributed by atoms with Crippen LogP contribution < -0.4 is 16.7 Å². The van der Waals surface area contributed by atoms with E-state index >= 15 is 0 Å². The second-order valence-electron chi connectivity index (χ2n) is 4.51. The zero-order valence-corrected chi connectivity index (χ0v) is 14.6. The highest BCUT2D eigenvalue weighted by molar-refractivity contribution is 9.10. The third-order valence-corrected chi connectivity index (χ3v) is 4.27. The second kappa shape index (κ2) is 7.93. The summed E-state index contributed by atoms with van der Waals surface area (Å²) in [6.45, 7) is 1.55. The number of amides is 1. The summed E-state index contributed by atoms with van der Waals surface area (Å²) in [5.74, 6) is -0.458. The average Bonchev–Trinajstić information content (AvgIpc) is 2.53. The highest BCUT2D eigenvalue weighted by atomic mass is 79.9. The van der Waals surface area contributed by atoms with Crippen LogP contribution in [0.3, 0.4) is 0 Å². The van der Waals surface area contributed by atoms with Crippen LogP contribution in [0, 0.1) is 0 Å². The van der Waals surface area contributed by atoms with Gasteiger partial charge in [-0.2, -0.15) is 10.2 Å². The van der Waals surface area contributed by atoms with Crippen molar-refractivity contribution in [2.75, 3.05) is 0 Å². The molecule has 1 atom stereocenters. The molecule has 0 aliphatic heterocycles. The van der Waals surface area contributed by atoms with Crippen molar-refractivity contribution in [2.24, 2.45) is 5.10 Å². The van der Waals surface area contributed by atoms with E-state index < -0.39 is 22.4 Å². The normalized spacial score (nSPS) is 12.2. The molecule has 0 radical (unpaired) electrons. The molecule has 0 aliphatic rings. The molecule has 0 bridgehead atoms. The third-order valence-electron chi connectivity index (χ3n) is 2.71. The highest BCUT2D eigenvalue weighted by Gasteiger charge is 2.17. The number of phenols is 1. The van der Waals surface area contributed by atoms with E-state index in [1.54, 1.807) is 19.1 Å². The number of phenolic OH excluding ortho intramolecular Hbond substituents is 1. The first-order chi connectivity index (χ1) is 11.4. The van der Waals surface area contributed by atoms with E-state index in [0.717, 1.165) is 16.2 Å². The summed E-state index contributed by atoms with van der Waals surface area (Å²) in [5, 5.41) is 18.4. The van der Waals surface area contributed by atoms with Crippen LogP contribution in [0.5, 0.6) is 5.75 Å². The van der Waals surface area contributed by atoms with E-state index in [1.807, 2.05) is 4.98 Å². The van der Waals surface area contributed by atoms with Crippen molar-refractivity contribution in [1.82, 2.24) is 20.6 Å². The Morgan fingerprint density at radius 2 is 2.25 bits per heavy atom. The SMILES string of the molecule is CC(Sc1n[nH]c(=O)[nH]c1=O)C(=O)N/N=C/c1cc(Br)ccc1O. The number of aromatic nitrogens is 3. The molecule has 1 amide bonds. The quantitative estimate of drug-likeness (QED) is 0.320. The van der Waals surface area contributed by atoms with Gasteiger partial charge in [-0.1, -0.05) is 27.7 Å². The molecule has 0 saturated carbocycles. The van der Waals surface area contributed by atoms with Gasteiger partial charge >= 0.3 is 5.69 Å². The van der Waals surface area contributed by atoms with E-state index in [-0.39, 0.29) is 10.8 Å². The van der Waals surface area contributed by atoms with Gasteiger partial charge in [-0.3, -0.25) is 14.6 Å². The maximum atomic E-state index is 11.9. The number of hydrogen-bond donors (Lipinski definition) is 4. The number of hydrazone groups is 1. The summed E-state index contributed by atoms with van der Waals surface area (Å²) in [7, 11) is 0. The fourth-order valence-corrected chi connectivity index (χ4v) is 2.65. The van der Waals surface area contributed by atoms with Crippen LogP contribution in [0.1, 0.15) is 12.5 Å². The van der Waals surface area contributed by atoms with Crippen molar-refractivity contribution >= 4 is 39.8 Å². The van der Waals surface area contributed by atoms with Gasteiger partial charge in [0.25, 0.3) is 11.5 Å². The zero-order chi connectivity index (χ0) is 17.7. The van der Waals surface area contributed by atoms with Gasteiger partial charge in [-0.05, 0) is 25.1 Å².